The Labute approximate surface area is 147 Å². The summed E-state index contributed by atoms with van der Waals surface area (Å²) in [7, 11) is 0. The summed E-state index contributed by atoms with van der Waals surface area (Å²) < 4.78 is 1.80. The van der Waals surface area contributed by atoms with Gasteiger partial charge in [-0.1, -0.05) is 30.3 Å². The molecule has 0 atom stereocenters. The molecule has 4 rings (SSSR count). The van der Waals surface area contributed by atoms with Gasteiger partial charge in [0.15, 0.2) is 5.65 Å². The highest BCUT2D eigenvalue weighted by atomic mass is 15.3. The number of nitrogens with zero attached hydrogens (tertiary/aromatic N) is 3. The Morgan fingerprint density at radius 1 is 1.12 bits per heavy atom. The molecule has 0 saturated heterocycles. The second-order valence-electron chi connectivity index (χ2n) is 6.87. The summed E-state index contributed by atoms with van der Waals surface area (Å²) in [5.74, 6) is 0.947. The highest BCUT2D eigenvalue weighted by Crippen LogP contribution is 2.32. The second-order valence-corrected chi connectivity index (χ2v) is 6.87. The molecular formula is C19H24N6. The van der Waals surface area contributed by atoms with E-state index in [4.69, 9.17) is 16.5 Å². The second kappa shape index (κ2) is 6.72. The maximum absolute atomic E-state index is 6.02. The van der Waals surface area contributed by atoms with Gasteiger partial charge in [0.2, 0.25) is 0 Å². The largest absolute Gasteiger partial charge is 0.382 e. The number of rotatable bonds is 4. The van der Waals surface area contributed by atoms with Crippen LogP contribution in [0.1, 0.15) is 42.9 Å². The van der Waals surface area contributed by atoms with Crippen molar-refractivity contribution in [3.63, 3.8) is 0 Å². The van der Waals surface area contributed by atoms with E-state index >= 15 is 0 Å². The topological polar surface area (TPSA) is 94.3 Å². The van der Waals surface area contributed by atoms with Crippen LogP contribution in [0, 0.1) is 0 Å². The quantitative estimate of drug-likeness (QED) is 0.681. The van der Waals surface area contributed by atoms with Crippen molar-refractivity contribution in [3.8, 4) is 0 Å². The first-order chi connectivity index (χ1) is 12.2. The summed E-state index contributed by atoms with van der Waals surface area (Å²) in [5.41, 5.74) is 16.1. The third-order valence-corrected chi connectivity index (χ3v) is 4.98. The minimum Gasteiger partial charge on any atom is -0.382 e. The molecule has 1 aromatic carbocycles. The van der Waals surface area contributed by atoms with Gasteiger partial charge in [-0.15, -0.1) is 5.10 Å². The van der Waals surface area contributed by atoms with Crippen LogP contribution in [0.15, 0.2) is 42.6 Å². The SMILES string of the molecule is Nc1cc(NCc2ccccc2)c2nc([C@H]3CC[C@H](N)CC3)cn2n1. The Kier molecular flexibility index (Phi) is 4.28. The lowest BCUT2D eigenvalue weighted by Crippen LogP contribution is -2.25. The van der Waals surface area contributed by atoms with E-state index in [9.17, 15) is 0 Å². The molecule has 0 amide bonds. The van der Waals surface area contributed by atoms with Gasteiger partial charge in [-0.2, -0.15) is 0 Å². The summed E-state index contributed by atoms with van der Waals surface area (Å²) in [6.07, 6.45) is 6.32. The van der Waals surface area contributed by atoms with Crippen LogP contribution in [-0.2, 0) is 6.54 Å². The molecule has 130 valence electrons. The van der Waals surface area contributed by atoms with Gasteiger partial charge in [0.05, 0.1) is 17.6 Å². The summed E-state index contributed by atoms with van der Waals surface area (Å²) in [6, 6.07) is 12.5. The van der Waals surface area contributed by atoms with E-state index in [2.05, 4.69) is 22.5 Å². The van der Waals surface area contributed by atoms with E-state index in [-0.39, 0.29) is 0 Å². The number of anilines is 2. The first-order valence-corrected chi connectivity index (χ1v) is 8.88. The number of aromatic nitrogens is 3. The Morgan fingerprint density at radius 2 is 1.88 bits per heavy atom. The van der Waals surface area contributed by atoms with Gasteiger partial charge < -0.3 is 16.8 Å². The zero-order valence-electron chi connectivity index (χ0n) is 14.2. The summed E-state index contributed by atoms with van der Waals surface area (Å²) in [5, 5.41) is 7.83. The van der Waals surface area contributed by atoms with Crippen molar-refractivity contribution in [2.24, 2.45) is 5.73 Å². The third kappa shape index (κ3) is 3.44. The van der Waals surface area contributed by atoms with Gasteiger partial charge in [-0.25, -0.2) is 9.50 Å². The van der Waals surface area contributed by atoms with Crippen molar-refractivity contribution in [3.05, 3.63) is 53.9 Å². The molecule has 6 nitrogen and oxygen atoms in total. The highest BCUT2D eigenvalue weighted by molar-refractivity contribution is 5.70. The van der Waals surface area contributed by atoms with Crippen molar-refractivity contribution in [1.82, 2.24) is 14.6 Å². The van der Waals surface area contributed by atoms with Gasteiger partial charge in [-0.3, -0.25) is 0 Å². The third-order valence-electron chi connectivity index (χ3n) is 4.98. The number of imidazole rings is 1. The Balaban J connectivity index is 1.60. The van der Waals surface area contributed by atoms with E-state index in [1.165, 1.54) is 5.56 Å². The number of nitrogens with one attached hydrogen (secondary N) is 1. The van der Waals surface area contributed by atoms with E-state index in [1.54, 1.807) is 4.52 Å². The Morgan fingerprint density at radius 3 is 2.64 bits per heavy atom. The van der Waals surface area contributed by atoms with Gasteiger partial charge in [0, 0.05) is 24.6 Å². The molecule has 2 heterocycles. The first-order valence-electron chi connectivity index (χ1n) is 8.88. The number of benzene rings is 1. The van der Waals surface area contributed by atoms with E-state index < -0.39 is 0 Å². The van der Waals surface area contributed by atoms with Crippen LogP contribution in [0.4, 0.5) is 11.5 Å². The van der Waals surface area contributed by atoms with E-state index in [0.29, 0.717) is 17.8 Å². The van der Waals surface area contributed by atoms with Crippen LogP contribution < -0.4 is 16.8 Å². The molecule has 0 spiro atoms. The monoisotopic (exact) mass is 336 g/mol. The molecule has 6 heteroatoms. The fourth-order valence-corrected chi connectivity index (χ4v) is 3.55. The number of fused-ring (bicyclic) bond motifs is 1. The Hall–Kier alpha value is -2.60. The van der Waals surface area contributed by atoms with Crippen LogP contribution in [-0.4, -0.2) is 20.6 Å². The maximum atomic E-state index is 6.02. The minimum absolute atomic E-state index is 0.338. The normalized spacial score (nSPS) is 20.7. The summed E-state index contributed by atoms with van der Waals surface area (Å²) >= 11 is 0. The molecule has 1 aliphatic rings. The molecule has 2 aromatic heterocycles. The molecule has 25 heavy (non-hydrogen) atoms. The zero-order chi connectivity index (χ0) is 17.2. The number of nitrogens with two attached hydrogens (primary N) is 2. The van der Waals surface area contributed by atoms with Crippen molar-refractivity contribution in [2.45, 2.75) is 44.2 Å². The molecule has 1 aliphatic carbocycles. The predicted molar refractivity (Wildman–Crippen MR) is 100 cm³/mol. The van der Waals surface area contributed by atoms with Crippen LogP contribution in [0.25, 0.3) is 5.65 Å². The molecule has 0 aliphatic heterocycles. The van der Waals surface area contributed by atoms with Crippen LogP contribution >= 0.6 is 0 Å². The van der Waals surface area contributed by atoms with E-state index in [1.807, 2.05) is 30.5 Å². The van der Waals surface area contributed by atoms with Crippen LogP contribution in [0.2, 0.25) is 0 Å². The number of nitrogen functional groups attached to an aromatic ring is 1. The maximum Gasteiger partial charge on any atom is 0.177 e. The predicted octanol–water partition coefficient (Wildman–Crippen LogP) is 2.91. The zero-order valence-corrected chi connectivity index (χ0v) is 14.2. The fraction of sp³-hybridized carbons (Fsp3) is 0.368. The number of hydrogen-bond donors (Lipinski definition) is 3. The molecule has 1 fully saturated rings. The molecular weight excluding hydrogens is 312 g/mol. The molecule has 1 saturated carbocycles. The highest BCUT2D eigenvalue weighted by Gasteiger charge is 2.23. The lowest BCUT2D eigenvalue weighted by Gasteiger charge is -2.24. The fourth-order valence-electron chi connectivity index (χ4n) is 3.55. The van der Waals surface area contributed by atoms with Gasteiger partial charge >= 0.3 is 0 Å². The molecule has 0 bridgehead atoms. The van der Waals surface area contributed by atoms with Crippen LogP contribution in [0.5, 0.6) is 0 Å². The smallest absolute Gasteiger partial charge is 0.177 e. The average Bonchev–Trinajstić information content (AvgIpc) is 3.05. The first kappa shape index (κ1) is 15.9. The average molecular weight is 336 g/mol. The van der Waals surface area contributed by atoms with Gasteiger partial charge in [0.25, 0.3) is 0 Å². The van der Waals surface area contributed by atoms with Crippen molar-refractivity contribution in [1.29, 1.82) is 0 Å². The lowest BCUT2D eigenvalue weighted by atomic mass is 9.85. The van der Waals surface area contributed by atoms with Gasteiger partial charge in [0.1, 0.15) is 5.82 Å². The van der Waals surface area contributed by atoms with Crippen LogP contribution in [0.3, 0.4) is 0 Å². The van der Waals surface area contributed by atoms with Crippen molar-refractivity contribution in [2.75, 3.05) is 11.1 Å². The lowest BCUT2D eigenvalue weighted by molar-refractivity contribution is 0.391. The standard InChI is InChI=1S/C19H24N6/c20-15-8-6-14(7-9-15)17-12-25-19(23-17)16(10-18(21)24-25)22-11-13-4-2-1-3-5-13/h1-5,10,12,14-15,22H,6-9,11,20H2,(H2,21,24)/t14-,15-. The summed E-state index contributed by atoms with van der Waals surface area (Å²) in [6.45, 7) is 0.723. The molecule has 3 aromatic rings. The number of hydrogen-bond acceptors (Lipinski definition) is 5. The molecule has 5 N–H and O–H groups in total. The van der Waals surface area contributed by atoms with Crippen molar-refractivity contribution < 1.29 is 0 Å². The Bertz CT molecular complexity index is 849. The van der Waals surface area contributed by atoms with E-state index in [0.717, 1.165) is 49.3 Å². The molecule has 0 radical (unpaired) electrons. The summed E-state index contributed by atoms with van der Waals surface area (Å²) in [4.78, 5) is 4.86. The van der Waals surface area contributed by atoms with Crippen molar-refractivity contribution >= 4 is 17.2 Å². The minimum atomic E-state index is 0.338. The molecule has 0 unspecified atom stereocenters. The van der Waals surface area contributed by atoms with Gasteiger partial charge in [-0.05, 0) is 31.2 Å².